The van der Waals surface area contributed by atoms with Crippen LogP contribution in [0.1, 0.15) is 231 Å². The van der Waals surface area contributed by atoms with Crippen LogP contribution in [-0.2, 0) is 4.79 Å². The fourth-order valence-electron chi connectivity index (χ4n) is 10.4. The van der Waals surface area contributed by atoms with Gasteiger partial charge in [0.25, 0.3) is 0 Å². The molecule has 0 saturated heterocycles. The largest absolute Gasteiger partial charge is 0.289 e. The van der Waals surface area contributed by atoms with Crippen molar-refractivity contribution in [2.45, 2.75) is 231 Å². The lowest BCUT2D eigenvalue weighted by molar-refractivity contribution is -0.114. The number of ketones is 1. The molecule has 4 rings (SSSR count). The zero-order valence-electron chi connectivity index (χ0n) is 32.7. The number of allylic oxidation sites excluding steroid dienone is 2. The van der Waals surface area contributed by atoms with Crippen molar-refractivity contribution in [1.29, 1.82) is 0 Å². The monoisotopic (exact) mass is 914 g/mol. The van der Waals surface area contributed by atoms with Crippen LogP contribution in [0.3, 0.4) is 0 Å². The van der Waals surface area contributed by atoms with Gasteiger partial charge in [-0.15, -0.1) is 0 Å². The average Bonchev–Trinajstić information content (AvgIpc) is 3.07. The Morgan fingerprint density at radius 2 is 0.640 bits per heavy atom. The van der Waals surface area contributed by atoms with E-state index in [1.54, 1.807) is 0 Å². The number of Topliss-reactive ketones (excluding diaryl/α,β-unsaturated/α-hetero) is 1. The van der Waals surface area contributed by atoms with E-state index in [0.29, 0.717) is 17.6 Å². The Hall–Kier alpha value is 0.610. The van der Waals surface area contributed by atoms with Crippen LogP contribution in [0.15, 0.2) is 19.3 Å². The molecule has 0 aromatic heterocycles. The molecule has 0 aliphatic heterocycles. The molecule has 4 aliphatic rings. The number of carbonyl (C=O) groups is 1. The summed E-state index contributed by atoms with van der Waals surface area (Å²) in [5, 5.41) is 0. The van der Waals surface area contributed by atoms with Crippen LogP contribution in [0.4, 0.5) is 0 Å². The maximum atomic E-state index is 13.8. The lowest BCUT2D eigenvalue weighted by atomic mass is 9.65. The molecule has 0 heterocycles. The van der Waals surface area contributed by atoms with Crippen molar-refractivity contribution >= 4 is 51.0 Å². The molecule has 4 fully saturated rings. The van der Waals surface area contributed by atoms with Gasteiger partial charge >= 0.3 is 0 Å². The molecule has 0 N–H and O–H groups in total. The summed E-state index contributed by atoms with van der Waals surface area (Å²) in [6.07, 6.45) is 52.0. The first-order valence-electron chi connectivity index (χ1n) is 22.8. The molecule has 0 spiro atoms. The van der Waals surface area contributed by atoms with E-state index in [1.807, 2.05) is 0 Å². The predicted octanol–water partition coefficient (Wildman–Crippen LogP) is 17.0. The highest BCUT2D eigenvalue weighted by Crippen LogP contribution is 2.47. The molecule has 0 aromatic carbocycles. The Morgan fingerprint density at radius 1 is 0.380 bits per heavy atom. The summed E-state index contributed by atoms with van der Waals surface area (Å²) in [5.74, 6) is 5.16. The van der Waals surface area contributed by atoms with Crippen molar-refractivity contribution in [2.75, 3.05) is 0 Å². The summed E-state index contributed by atoms with van der Waals surface area (Å²) in [6.45, 7) is 0. The Kier molecular flexibility index (Phi) is 23.6. The third-order valence-electron chi connectivity index (χ3n) is 14.0. The van der Waals surface area contributed by atoms with Gasteiger partial charge in [0.1, 0.15) is 0 Å². The number of rotatable bonds is 16. The molecule has 4 aliphatic carbocycles. The van der Waals surface area contributed by atoms with E-state index in [2.05, 4.69) is 53.3 Å². The lowest BCUT2D eigenvalue weighted by Crippen LogP contribution is -2.33. The second-order valence-electron chi connectivity index (χ2n) is 18.1. The van der Waals surface area contributed by atoms with Crippen LogP contribution in [0, 0.1) is 35.5 Å². The predicted molar refractivity (Wildman–Crippen MR) is 236 cm³/mol. The standard InChI is InChI=1S/C47H80I2O/c48-37-45(43-33-41(34-43)31-23-15-21-29-39-25-17-11-7-3-1-4-8-12-18-26-39)47(50)46(38-49)44-35-42(36-44)32-24-16-22-30-40-27-19-13-9-5-2-6-10-14-20-28-40/h37-44H,1-36H2. The Morgan fingerprint density at radius 3 is 0.920 bits per heavy atom. The summed E-state index contributed by atoms with van der Waals surface area (Å²) in [5.41, 5.74) is 2.28. The van der Waals surface area contributed by atoms with Crippen LogP contribution in [0.5, 0.6) is 0 Å². The number of carbonyl (C=O) groups excluding carboxylic acids is 1. The van der Waals surface area contributed by atoms with Gasteiger partial charge in [0.2, 0.25) is 0 Å². The van der Waals surface area contributed by atoms with Crippen molar-refractivity contribution in [3.63, 3.8) is 0 Å². The third-order valence-corrected chi connectivity index (χ3v) is 15.4. The van der Waals surface area contributed by atoms with Gasteiger partial charge < -0.3 is 0 Å². The molecule has 50 heavy (non-hydrogen) atoms. The first-order chi connectivity index (χ1) is 24.7. The van der Waals surface area contributed by atoms with Crippen molar-refractivity contribution < 1.29 is 4.79 Å². The highest BCUT2D eigenvalue weighted by atomic mass is 127. The number of hydrogen-bond donors (Lipinski definition) is 0. The van der Waals surface area contributed by atoms with Crippen molar-refractivity contribution in [2.24, 2.45) is 35.5 Å². The topological polar surface area (TPSA) is 17.1 Å². The zero-order valence-corrected chi connectivity index (χ0v) is 37.1. The number of unbranched alkanes of at least 4 members (excludes halogenated alkanes) is 4. The Balaban J connectivity index is 1.04. The van der Waals surface area contributed by atoms with Gasteiger partial charge in [-0.25, -0.2) is 0 Å². The van der Waals surface area contributed by atoms with E-state index in [4.69, 9.17) is 0 Å². The van der Waals surface area contributed by atoms with Crippen molar-refractivity contribution in [3.8, 4) is 0 Å². The van der Waals surface area contributed by atoms with Gasteiger partial charge in [-0.1, -0.05) is 251 Å². The SMILES string of the molecule is O=C(C(=CI)C1CC(CCCCCC2CCCCCCCCCCC2)C1)C(=CI)C1CC(CCCCCC2CCCCCCCCCCC2)C1. The van der Waals surface area contributed by atoms with E-state index in [-0.39, 0.29) is 0 Å². The molecule has 0 radical (unpaired) electrons. The first kappa shape index (κ1) is 43.3. The van der Waals surface area contributed by atoms with Gasteiger partial charge in [0, 0.05) is 11.1 Å². The fourth-order valence-corrected chi connectivity index (χ4v) is 12.0. The summed E-state index contributed by atoms with van der Waals surface area (Å²) in [7, 11) is 0. The zero-order chi connectivity index (χ0) is 35.1. The minimum absolute atomic E-state index is 0.398. The second kappa shape index (κ2) is 27.2. The molecule has 1 nitrogen and oxygen atoms in total. The molecule has 0 atom stereocenters. The van der Waals surface area contributed by atoms with Gasteiger partial charge in [0.15, 0.2) is 5.78 Å². The van der Waals surface area contributed by atoms with Crippen LogP contribution in [-0.4, -0.2) is 5.78 Å². The quantitative estimate of drug-likeness (QED) is 0.0857. The average molecular weight is 915 g/mol. The minimum Gasteiger partial charge on any atom is -0.289 e. The summed E-state index contributed by atoms with van der Waals surface area (Å²) in [6, 6.07) is 0. The highest BCUT2D eigenvalue weighted by Gasteiger charge is 2.39. The number of halogens is 2. The minimum atomic E-state index is 0.398. The smallest absolute Gasteiger partial charge is 0.186 e. The van der Waals surface area contributed by atoms with E-state index >= 15 is 0 Å². The van der Waals surface area contributed by atoms with Crippen LogP contribution >= 0.6 is 45.2 Å². The molecular weight excluding hydrogens is 834 g/mol. The van der Waals surface area contributed by atoms with Crippen LogP contribution < -0.4 is 0 Å². The number of hydrogen-bond acceptors (Lipinski definition) is 1. The fraction of sp³-hybridized carbons (Fsp3) is 0.894. The Bertz CT molecular complexity index is 843. The third kappa shape index (κ3) is 17.0. The Labute approximate surface area is 339 Å². The van der Waals surface area contributed by atoms with Gasteiger partial charge in [0.05, 0.1) is 0 Å². The van der Waals surface area contributed by atoms with E-state index < -0.39 is 0 Å². The molecule has 0 amide bonds. The highest BCUT2D eigenvalue weighted by molar-refractivity contribution is 14.1. The molecular formula is C47H80I2O. The summed E-state index contributed by atoms with van der Waals surface area (Å²) >= 11 is 4.73. The summed E-state index contributed by atoms with van der Waals surface area (Å²) in [4.78, 5) is 13.8. The normalized spacial score (nSPS) is 28.3. The maximum Gasteiger partial charge on any atom is 0.186 e. The second-order valence-corrected chi connectivity index (χ2v) is 19.3. The van der Waals surface area contributed by atoms with Crippen LogP contribution in [0.25, 0.3) is 0 Å². The maximum absolute atomic E-state index is 13.8. The van der Waals surface area contributed by atoms with Crippen LogP contribution in [0.2, 0.25) is 0 Å². The molecule has 0 bridgehead atoms. The van der Waals surface area contributed by atoms with E-state index in [9.17, 15) is 4.79 Å². The molecule has 288 valence electrons. The van der Waals surface area contributed by atoms with E-state index in [1.165, 1.54) is 231 Å². The molecule has 4 saturated carbocycles. The van der Waals surface area contributed by atoms with Crippen molar-refractivity contribution in [3.05, 3.63) is 19.3 Å². The van der Waals surface area contributed by atoms with Gasteiger partial charge in [-0.05, 0) is 69.4 Å². The lowest BCUT2D eigenvalue weighted by Gasteiger charge is -2.40. The van der Waals surface area contributed by atoms with Crippen molar-refractivity contribution in [1.82, 2.24) is 0 Å². The molecule has 3 heteroatoms. The molecule has 0 aromatic rings. The first-order valence-corrected chi connectivity index (χ1v) is 25.3. The van der Waals surface area contributed by atoms with Gasteiger partial charge in [-0.2, -0.15) is 0 Å². The molecule has 0 unspecified atom stereocenters. The summed E-state index contributed by atoms with van der Waals surface area (Å²) < 4.78 is 4.31. The van der Waals surface area contributed by atoms with Gasteiger partial charge in [-0.3, -0.25) is 4.79 Å². The van der Waals surface area contributed by atoms with E-state index in [0.717, 1.165) is 34.8 Å².